The highest BCUT2D eigenvalue weighted by Crippen LogP contribution is 2.38. The Balaban J connectivity index is 2.17. The molecular weight excluding hydrogens is 180 g/mol. The first-order valence-electron chi connectivity index (χ1n) is 5.52. The molecule has 0 saturated heterocycles. The molecule has 0 bridgehead atoms. The number of rotatable bonds is 0. The Bertz CT molecular complexity index is 487. The van der Waals surface area contributed by atoms with Crippen molar-refractivity contribution in [1.29, 1.82) is 0 Å². The van der Waals surface area contributed by atoms with Crippen molar-refractivity contribution in [3.05, 3.63) is 65.3 Å². The summed E-state index contributed by atoms with van der Waals surface area (Å²) in [5.41, 5.74) is 5.93. The molecule has 0 aliphatic heterocycles. The van der Waals surface area contributed by atoms with Gasteiger partial charge in [0.25, 0.3) is 0 Å². The van der Waals surface area contributed by atoms with E-state index in [1.165, 1.54) is 16.7 Å². The van der Waals surface area contributed by atoms with Gasteiger partial charge in [0.15, 0.2) is 0 Å². The van der Waals surface area contributed by atoms with E-state index in [0.717, 1.165) is 6.42 Å². The van der Waals surface area contributed by atoms with Crippen LogP contribution in [-0.2, 0) is 6.42 Å². The molecule has 1 aromatic rings. The summed E-state index contributed by atoms with van der Waals surface area (Å²) in [6.07, 6.45) is 9.97. The van der Waals surface area contributed by atoms with E-state index in [-0.39, 0.29) is 0 Å². The molecule has 0 nitrogen and oxygen atoms in total. The molecule has 0 heterocycles. The fourth-order valence-electron chi connectivity index (χ4n) is 2.51. The second-order valence-electron chi connectivity index (χ2n) is 4.31. The number of hydrogen-bond donors (Lipinski definition) is 0. The molecule has 1 atom stereocenters. The molecule has 15 heavy (non-hydrogen) atoms. The zero-order chi connectivity index (χ0) is 10.3. The van der Waals surface area contributed by atoms with Crippen LogP contribution in [0.15, 0.2) is 54.1 Å². The third kappa shape index (κ3) is 1.29. The maximum atomic E-state index is 2.28. The summed E-state index contributed by atoms with van der Waals surface area (Å²) in [6, 6.07) is 8.75. The molecule has 1 aromatic carbocycles. The van der Waals surface area contributed by atoms with Crippen molar-refractivity contribution in [3.63, 3.8) is 0 Å². The van der Waals surface area contributed by atoms with Gasteiger partial charge in [-0.25, -0.2) is 0 Å². The van der Waals surface area contributed by atoms with Crippen molar-refractivity contribution < 1.29 is 0 Å². The molecule has 3 rings (SSSR count). The Morgan fingerprint density at radius 2 is 2.00 bits per heavy atom. The highest BCUT2D eigenvalue weighted by Gasteiger charge is 2.22. The van der Waals surface area contributed by atoms with Crippen molar-refractivity contribution in [2.75, 3.05) is 0 Å². The van der Waals surface area contributed by atoms with Gasteiger partial charge in [-0.15, -0.1) is 0 Å². The first kappa shape index (κ1) is 8.72. The van der Waals surface area contributed by atoms with Crippen LogP contribution in [0.4, 0.5) is 0 Å². The predicted octanol–water partition coefficient (Wildman–Crippen LogP) is 3.76. The van der Waals surface area contributed by atoms with Crippen LogP contribution in [0.2, 0.25) is 0 Å². The number of fused-ring (bicyclic) bond motifs is 2. The molecule has 0 heteroatoms. The van der Waals surface area contributed by atoms with Crippen molar-refractivity contribution >= 4 is 5.57 Å². The SMILES string of the molecule is CC1C=CC=CC2=C1Cc1ccccc12. The van der Waals surface area contributed by atoms with E-state index in [1.54, 1.807) is 5.57 Å². The van der Waals surface area contributed by atoms with Gasteiger partial charge in [0.1, 0.15) is 0 Å². The summed E-state index contributed by atoms with van der Waals surface area (Å²) in [7, 11) is 0. The summed E-state index contributed by atoms with van der Waals surface area (Å²) in [6.45, 7) is 2.28. The van der Waals surface area contributed by atoms with Crippen LogP contribution in [-0.4, -0.2) is 0 Å². The Morgan fingerprint density at radius 1 is 1.13 bits per heavy atom. The largest absolute Gasteiger partial charge is 0.0776 e. The molecule has 0 amide bonds. The molecule has 0 N–H and O–H groups in total. The summed E-state index contributed by atoms with van der Waals surface area (Å²) < 4.78 is 0. The van der Waals surface area contributed by atoms with Gasteiger partial charge < -0.3 is 0 Å². The highest BCUT2D eigenvalue weighted by atomic mass is 14.3. The van der Waals surface area contributed by atoms with E-state index < -0.39 is 0 Å². The molecule has 74 valence electrons. The van der Waals surface area contributed by atoms with Crippen molar-refractivity contribution in [3.8, 4) is 0 Å². The smallest absolute Gasteiger partial charge is 0.00360 e. The van der Waals surface area contributed by atoms with Crippen LogP contribution >= 0.6 is 0 Å². The molecule has 0 fully saturated rings. The van der Waals surface area contributed by atoms with Crippen molar-refractivity contribution in [2.45, 2.75) is 13.3 Å². The fourth-order valence-corrected chi connectivity index (χ4v) is 2.51. The molecule has 0 radical (unpaired) electrons. The van der Waals surface area contributed by atoms with E-state index in [9.17, 15) is 0 Å². The molecule has 2 aliphatic carbocycles. The number of hydrogen-bond acceptors (Lipinski definition) is 0. The lowest BCUT2D eigenvalue weighted by molar-refractivity contribution is 0.839. The average Bonchev–Trinajstić information content (AvgIpc) is 2.54. The molecule has 0 saturated carbocycles. The zero-order valence-electron chi connectivity index (χ0n) is 8.90. The molecule has 2 aliphatic rings. The molecular formula is C15H14. The lowest BCUT2D eigenvalue weighted by Gasteiger charge is -2.07. The van der Waals surface area contributed by atoms with Gasteiger partial charge >= 0.3 is 0 Å². The van der Waals surface area contributed by atoms with Gasteiger partial charge in [0.05, 0.1) is 0 Å². The van der Waals surface area contributed by atoms with Crippen LogP contribution < -0.4 is 0 Å². The Kier molecular flexibility index (Phi) is 1.88. The van der Waals surface area contributed by atoms with Crippen molar-refractivity contribution in [2.24, 2.45) is 5.92 Å². The summed E-state index contributed by atoms with van der Waals surface area (Å²) in [5, 5.41) is 0. The minimum absolute atomic E-state index is 0.572. The van der Waals surface area contributed by atoms with Gasteiger partial charge in [0.2, 0.25) is 0 Å². The van der Waals surface area contributed by atoms with Crippen LogP contribution in [0.25, 0.3) is 5.57 Å². The fraction of sp³-hybridized carbons (Fsp3) is 0.200. The van der Waals surface area contributed by atoms with E-state index in [0.29, 0.717) is 5.92 Å². The molecule has 1 unspecified atom stereocenters. The second kappa shape index (κ2) is 3.23. The van der Waals surface area contributed by atoms with Crippen molar-refractivity contribution in [1.82, 2.24) is 0 Å². The second-order valence-corrected chi connectivity index (χ2v) is 4.31. The molecule has 0 aromatic heterocycles. The van der Waals surface area contributed by atoms with Gasteiger partial charge in [-0.1, -0.05) is 61.1 Å². The van der Waals surface area contributed by atoms with Crippen LogP contribution in [0.1, 0.15) is 18.1 Å². The Hall–Kier alpha value is -1.56. The summed E-state index contributed by atoms with van der Waals surface area (Å²) in [5.74, 6) is 0.572. The Labute approximate surface area is 90.6 Å². The monoisotopic (exact) mass is 194 g/mol. The standard InChI is InChI=1S/C15H14/c1-11-6-2-4-9-14-13-8-5-3-7-12(13)10-15(11)14/h2-9,11H,10H2,1H3. The normalized spacial score (nSPS) is 22.6. The highest BCUT2D eigenvalue weighted by molar-refractivity contribution is 5.84. The number of allylic oxidation sites excluding steroid dienone is 6. The lowest BCUT2D eigenvalue weighted by atomic mass is 9.97. The minimum atomic E-state index is 0.572. The first-order chi connectivity index (χ1) is 7.36. The minimum Gasteiger partial charge on any atom is -0.0776 e. The third-order valence-electron chi connectivity index (χ3n) is 3.36. The number of benzene rings is 1. The van der Waals surface area contributed by atoms with Crippen LogP contribution in [0, 0.1) is 5.92 Å². The average molecular weight is 194 g/mol. The van der Waals surface area contributed by atoms with E-state index in [2.05, 4.69) is 55.5 Å². The van der Waals surface area contributed by atoms with Gasteiger partial charge in [-0.3, -0.25) is 0 Å². The predicted molar refractivity (Wildman–Crippen MR) is 64.5 cm³/mol. The zero-order valence-corrected chi connectivity index (χ0v) is 8.90. The van der Waals surface area contributed by atoms with Gasteiger partial charge in [0, 0.05) is 0 Å². The van der Waals surface area contributed by atoms with Gasteiger partial charge in [-0.2, -0.15) is 0 Å². The van der Waals surface area contributed by atoms with E-state index in [4.69, 9.17) is 0 Å². The lowest BCUT2D eigenvalue weighted by Crippen LogP contribution is -1.95. The Morgan fingerprint density at radius 3 is 2.93 bits per heavy atom. The summed E-state index contributed by atoms with van der Waals surface area (Å²) >= 11 is 0. The van der Waals surface area contributed by atoms with Gasteiger partial charge in [-0.05, 0) is 29.0 Å². The van der Waals surface area contributed by atoms with Crippen LogP contribution in [0.5, 0.6) is 0 Å². The van der Waals surface area contributed by atoms with E-state index >= 15 is 0 Å². The third-order valence-corrected chi connectivity index (χ3v) is 3.36. The van der Waals surface area contributed by atoms with Crippen LogP contribution in [0.3, 0.4) is 0 Å². The first-order valence-corrected chi connectivity index (χ1v) is 5.52. The quantitative estimate of drug-likeness (QED) is 0.590. The maximum Gasteiger partial charge on any atom is -0.00360 e. The van der Waals surface area contributed by atoms with E-state index in [1.807, 2.05) is 0 Å². The maximum absolute atomic E-state index is 2.28. The molecule has 0 spiro atoms. The summed E-state index contributed by atoms with van der Waals surface area (Å²) in [4.78, 5) is 0. The topological polar surface area (TPSA) is 0 Å².